The summed E-state index contributed by atoms with van der Waals surface area (Å²) in [5.41, 5.74) is 0.495. The molecule has 1 fully saturated rings. The van der Waals surface area contributed by atoms with Crippen molar-refractivity contribution in [3.63, 3.8) is 0 Å². The van der Waals surface area contributed by atoms with Crippen LogP contribution in [0.2, 0.25) is 0 Å². The van der Waals surface area contributed by atoms with Crippen molar-refractivity contribution in [2.45, 2.75) is 19.3 Å². The molecule has 166 valence electrons. The van der Waals surface area contributed by atoms with Crippen molar-refractivity contribution in [1.29, 1.82) is 0 Å². The topological polar surface area (TPSA) is 147 Å². The third kappa shape index (κ3) is 6.13. The van der Waals surface area contributed by atoms with Gasteiger partial charge in [0.2, 0.25) is 21.6 Å². The predicted molar refractivity (Wildman–Crippen MR) is 110 cm³/mol. The highest BCUT2D eigenvalue weighted by Gasteiger charge is 2.28. The van der Waals surface area contributed by atoms with Crippen molar-refractivity contribution >= 4 is 33.5 Å². The molecule has 1 aliphatic rings. The van der Waals surface area contributed by atoms with E-state index < -0.39 is 34.0 Å². The fourth-order valence-corrected chi connectivity index (χ4v) is 3.66. The summed E-state index contributed by atoms with van der Waals surface area (Å²) in [4.78, 5) is 29.6. The first-order chi connectivity index (χ1) is 14.6. The summed E-state index contributed by atoms with van der Waals surface area (Å²) in [6.45, 7) is 0.969. The van der Waals surface area contributed by atoms with E-state index in [1.54, 1.807) is 6.07 Å². The Morgan fingerprint density at radius 3 is 2.87 bits per heavy atom. The summed E-state index contributed by atoms with van der Waals surface area (Å²) in [7, 11) is -3.62. The van der Waals surface area contributed by atoms with Gasteiger partial charge in [-0.3, -0.25) is 14.9 Å². The number of sulfonamides is 1. The standard InChI is InChI=1S/C18H21F2N7O3S/c1-31(29,30)26-18(28)11-3-2-6-27(9-11)16-7-13(23-10-24-16)14-8-22-15(25-14)5-4-12(21)17(19)20/h4-5,7-8,10-11,17,21H,2-3,6,9H2,1H3,(H,22,25)(H,26,28)/p+1/b5-4-,21-12?. The van der Waals surface area contributed by atoms with Crippen molar-refractivity contribution in [2.24, 2.45) is 5.92 Å². The van der Waals surface area contributed by atoms with E-state index in [2.05, 4.69) is 19.9 Å². The van der Waals surface area contributed by atoms with E-state index in [4.69, 9.17) is 5.41 Å². The van der Waals surface area contributed by atoms with Crippen LogP contribution in [-0.2, 0) is 14.8 Å². The number of nitrogens with two attached hydrogens (primary N) is 1. The number of carbonyl (C=O) groups is 1. The molecule has 31 heavy (non-hydrogen) atoms. The van der Waals surface area contributed by atoms with Gasteiger partial charge in [-0.05, 0) is 18.9 Å². The normalized spacial score (nSPS) is 17.3. The second-order valence-electron chi connectivity index (χ2n) is 7.10. The van der Waals surface area contributed by atoms with Crippen molar-refractivity contribution in [3.05, 3.63) is 30.5 Å². The number of piperidine rings is 1. The monoisotopic (exact) mass is 454 g/mol. The molecule has 0 spiro atoms. The Hall–Kier alpha value is -3.22. The summed E-state index contributed by atoms with van der Waals surface area (Å²) in [6, 6.07) is 1.71. The van der Waals surface area contributed by atoms with Crippen LogP contribution in [0.3, 0.4) is 0 Å². The molecule has 10 nitrogen and oxygen atoms in total. The number of amides is 1. The Morgan fingerprint density at radius 2 is 2.16 bits per heavy atom. The number of anilines is 1. The third-order valence-corrected chi connectivity index (χ3v) is 5.18. The van der Waals surface area contributed by atoms with Crippen LogP contribution in [0.1, 0.15) is 18.7 Å². The minimum atomic E-state index is -3.62. The van der Waals surface area contributed by atoms with Crippen LogP contribution in [0, 0.1) is 5.92 Å². The molecule has 0 radical (unpaired) electrons. The molecule has 0 aromatic carbocycles. The first-order valence-electron chi connectivity index (χ1n) is 9.35. The lowest BCUT2D eigenvalue weighted by Crippen LogP contribution is -2.44. The Bertz CT molecular complexity index is 1100. The molecule has 1 amide bonds. The van der Waals surface area contributed by atoms with E-state index in [1.165, 1.54) is 18.6 Å². The number of alkyl halides is 2. The number of allylic oxidation sites excluding steroid dienone is 1. The third-order valence-electron chi connectivity index (χ3n) is 4.61. The summed E-state index contributed by atoms with van der Waals surface area (Å²) in [5, 5.41) is 5.20. The van der Waals surface area contributed by atoms with Gasteiger partial charge in [0.05, 0.1) is 29.8 Å². The minimum absolute atomic E-state index is 0.317. The van der Waals surface area contributed by atoms with Crippen LogP contribution < -0.4 is 15.0 Å². The average molecular weight is 454 g/mol. The maximum absolute atomic E-state index is 12.5. The molecule has 0 bridgehead atoms. The predicted octanol–water partition coefficient (Wildman–Crippen LogP) is -0.363. The second kappa shape index (κ2) is 9.29. The molecule has 13 heteroatoms. The zero-order chi connectivity index (χ0) is 22.6. The molecule has 2 aromatic rings. The smallest absolute Gasteiger partial charge is 0.320 e. The molecule has 3 heterocycles. The summed E-state index contributed by atoms with van der Waals surface area (Å²) < 4.78 is 49.6. The molecule has 4 N–H and O–H groups in total. The quantitative estimate of drug-likeness (QED) is 0.484. The van der Waals surface area contributed by atoms with E-state index >= 15 is 0 Å². The molecule has 2 aromatic heterocycles. The van der Waals surface area contributed by atoms with Gasteiger partial charge in [-0.1, -0.05) is 0 Å². The number of imidazole rings is 1. The zero-order valence-electron chi connectivity index (χ0n) is 16.6. The minimum Gasteiger partial charge on any atom is -0.356 e. The largest absolute Gasteiger partial charge is 0.356 e. The highest BCUT2D eigenvalue weighted by Crippen LogP contribution is 2.24. The maximum atomic E-state index is 12.5. The van der Waals surface area contributed by atoms with Crippen LogP contribution >= 0.6 is 0 Å². The van der Waals surface area contributed by atoms with E-state index in [-0.39, 0.29) is 0 Å². The number of nitrogens with zero attached hydrogens (tertiary/aromatic N) is 4. The number of hydrogen-bond donors (Lipinski definition) is 3. The van der Waals surface area contributed by atoms with Crippen molar-refractivity contribution in [1.82, 2.24) is 24.7 Å². The van der Waals surface area contributed by atoms with Crippen LogP contribution in [0.5, 0.6) is 0 Å². The second-order valence-corrected chi connectivity index (χ2v) is 8.85. The number of carbonyl (C=O) groups excluding carboxylic acids is 1. The highest BCUT2D eigenvalue weighted by atomic mass is 32.2. The van der Waals surface area contributed by atoms with Crippen molar-refractivity contribution < 1.29 is 27.4 Å². The number of hydrogen-bond acceptors (Lipinski definition) is 7. The Kier molecular flexibility index (Phi) is 6.73. The number of nitrogens with one attached hydrogen (secondary N) is 2. The van der Waals surface area contributed by atoms with Crippen LogP contribution in [0.15, 0.2) is 24.7 Å². The van der Waals surface area contributed by atoms with Gasteiger partial charge in [0.25, 0.3) is 0 Å². The summed E-state index contributed by atoms with van der Waals surface area (Å²) in [6.07, 6.45) is 4.75. The number of halogens is 2. The molecular formula is C18H22F2N7O3S+. The highest BCUT2D eigenvalue weighted by molar-refractivity contribution is 7.89. The lowest BCUT2D eigenvalue weighted by molar-refractivity contribution is -0.124. The van der Waals surface area contributed by atoms with Gasteiger partial charge in [-0.25, -0.2) is 23.4 Å². The molecule has 1 atom stereocenters. The van der Waals surface area contributed by atoms with Gasteiger partial charge in [0, 0.05) is 25.2 Å². The van der Waals surface area contributed by atoms with E-state index in [9.17, 15) is 22.0 Å². The number of aromatic nitrogens is 4. The van der Waals surface area contributed by atoms with Crippen LogP contribution in [0.25, 0.3) is 17.5 Å². The summed E-state index contributed by atoms with van der Waals surface area (Å²) >= 11 is 0. The van der Waals surface area contributed by atoms with Crippen LogP contribution in [0.4, 0.5) is 14.6 Å². The SMILES string of the molecule is CS(=O)(=O)NC(=O)C1CCCN(c2cc(-c3cnc(/C=C\C(=[NH2+])C(F)F)[nH]3)ncn2)C1. The Morgan fingerprint density at radius 1 is 1.39 bits per heavy atom. The van der Waals surface area contributed by atoms with Gasteiger partial charge in [0.1, 0.15) is 18.0 Å². The number of H-pyrrole nitrogens is 1. The van der Waals surface area contributed by atoms with Gasteiger partial charge in [0.15, 0.2) is 0 Å². The molecular weight excluding hydrogens is 432 g/mol. The zero-order valence-corrected chi connectivity index (χ0v) is 17.4. The Labute approximate surface area is 177 Å². The molecule has 1 saturated heterocycles. The van der Waals surface area contributed by atoms with Crippen molar-refractivity contribution in [3.8, 4) is 11.4 Å². The molecule has 3 rings (SSSR count). The Balaban J connectivity index is 1.73. The van der Waals surface area contributed by atoms with E-state index in [1.807, 2.05) is 9.62 Å². The number of rotatable bonds is 7. The number of aromatic amines is 1. The fraction of sp³-hybridized carbons (Fsp3) is 0.389. The molecule has 1 unspecified atom stereocenters. The van der Waals surface area contributed by atoms with Gasteiger partial charge >= 0.3 is 6.43 Å². The van der Waals surface area contributed by atoms with Gasteiger partial charge < -0.3 is 9.88 Å². The molecule has 0 saturated carbocycles. The first kappa shape index (κ1) is 22.5. The lowest BCUT2D eigenvalue weighted by atomic mass is 9.97. The van der Waals surface area contributed by atoms with Gasteiger partial charge in [-0.15, -0.1) is 0 Å². The molecule has 1 aliphatic heterocycles. The first-order valence-corrected chi connectivity index (χ1v) is 11.2. The van der Waals surface area contributed by atoms with Crippen molar-refractivity contribution in [2.75, 3.05) is 24.2 Å². The van der Waals surface area contributed by atoms with E-state index in [0.717, 1.165) is 12.3 Å². The average Bonchev–Trinajstić information content (AvgIpc) is 3.20. The fourth-order valence-electron chi connectivity index (χ4n) is 3.13. The van der Waals surface area contributed by atoms with Crippen LogP contribution in [-0.4, -0.2) is 65.7 Å². The molecule has 0 aliphatic carbocycles. The van der Waals surface area contributed by atoms with Gasteiger partial charge in [-0.2, -0.15) is 8.78 Å². The maximum Gasteiger partial charge on any atom is 0.320 e. The lowest BCUT2D eigenvalue weighted by Gasteiger charge is -2.32. The summed E-state index contributed by atoms with van der Waals surface area (Å²) in [5.74, 6) is -0.119. The van der Waals surface area contributed by atoms with E-state index in [0.29, 0.717) is 49.0 Å².